The molecule has 1 rings (SSSR count). The second kappa shape index (κ2) is 7.87. The molecule has 0 aliphatic heterocycles. The van der Waals surface area contributed by atoms with Gasteiger partial charge in [-0.05, 0) is 18.2 Å². The summed E-state index contributed by atoms with van der Waals surface area (Å²) in [5.74, 6) is -1.24. The molecule has 108 valence electrons. The van der Waals surface area contributed by atoms with Crippen molar-refractivity contribution in [2.45, 2.75) is 12.8 Å². The number of amides is 1. The zero-order chi connectivity index (χ0) is 15.1. The van der Waals surface area contributed by atoms with Crippen molar-refractivity contribution >= 4 is 40.9 Å². The standard InChI is InChI=1S/C13H13Cl2NO4/c1-20-12(18)5-3-9(17)7-16-13(19)10-6-8(14)2-4-11(10)15/h2,4,6H,3,5,7H2,1H3,(H,16,19). The molecule has 0 unspecified atom stereocenters. The Morgan fingerprint density at radius 3 is 2.55 bits per heavy atom. The number of hydrogen-bond donors (Lipinski definition) is 1. The van der Waals surface area contributed by atoms with Crippen LogP contribution >= 0.6 is 23.2 Å². The summed E-state index contributed by atoms with van der Waals surface area (Å²) in [7, 11) is 1.25. The molecule has 0 atom stereocenters. The summed E-state index contributed by atoms with van der Waals surface area (Å²) in [4.78, 5) is 34.2. The van der Waals surface area contributed by atoms with Crippen LogP contribution < -0.4 is 5.32 Å². The number of carbonyl (C=O) groups excluding carboxylic acids is 3. The Hall–Kier alpha value is -1.59. The number of methoxy groups -OCH3 is 1. The lowest BCUT2D eigenvalue weighted by Gasteiger charge is -2.06. The number of ether oxygens (including phenoxy) is 1. The summed E-state index contributed by atoms with van der Waals surface area (Å²) < 4.78 is 4.41. The largest absolute Gasteiger partial charge is 0.469 e. The molecule has 0 spiro atoms. The minimum Gasteiger partial charge on any atom is -0.469 e. The minimum atomic E-state index is -0.496. The molecule has 0 fully saturated rings. The predicted octanol–water partition coefficient (Wildman–Crippen LogP) is 2.25. The first-order valence-electron chi connectivity index (χ1n) is 5.75. The van der Waals surface area contributed by atoms with Crippen LogP contribution in [-0.4, -0.2) is 31.3 Å². The molecular weight excluding hydrogens is 305 g/mol. The van der Waals surface area contributed by atoms with Gasteiger partial charge in [0.15, 0.2) is 5.78 Å². The molecule has 0 aromatic heterocycles. The van der Waals surface area contributed by atoms with Crippen molar-refractivity contribution in [3.05, 3.63) is 33.8 Å². The second-order valence-electron chi connectivity index (χ2n) is 3.92. The summed E-state index contributed by atoms with van der Waals surface area (Å²) in [6.45, 7) is -0.182. The van der Waals surface area contributed by atoms with Crippen LogP contribution in [0.5, 0.6) is 0 Å². The van der Waals surface area contributed by atoms with Crippen LogP contribution in [-0.2, 0) is 14.3 Å². The van der Waals surface area contributed by atoms with Gasteiger partial charge >= 0.3 is 5.97 Å². The van der Waals surface area contributed by atoms with E-state index in [4.69, 9.17) is 23.2 Å². The lowest BCUT2D eigenvalue weighted by atomic mass is 10.2. The maximum atomic E-state index is 11.8. The zero-order valence-corrected chi connectivity index (χ0v) is 12.3. The highest BCUT2D eigenvalue weighted by Gasteiger charge is 2.13. The summed E-state index contributed by atoms with van der Waals surface area (Å²) in [5.41, 5.74) is 0.194. The molecule has 0 saturated carbocycles. The van der Waals surface area contributed by atoms with Gasteiger partial charge in [-0.2, -0.15) is 0 Å². The second-order valence-corrected chi connectivity index (χ2v) is 4.77. The number of benzene rings is 1. The third kappa shape index (κ3) is 5.19. The van der Waals surface area contributed by atoms with Gasteiger partial charge in [0.05, 0.1) is 30.7 Å². The van der Waals surface area contributed by atoms with Crippen LogP contribution in [0.15, 0.2) is 18.2 Å². The Labute approximate surface area is 126 Å². The highest BCUT2D eigenvalue weighted by Crippen LogP contribution is 2.20. The average molecular weight is 318 g/mol. The van der Waals surface area contributed by atoms with Gasteiger partial charge in [0.2, 0.25) is 0 Å². The quantitative estimate of drug-likeness (QED) is 0.817. The molecule has 0 radical (unpaired) electrons. The molecule has 0 aliphatic rings. The number of rotatable bonds is 6. The number of ketones is 1. The van der Waals surface area contributed by atoms with Crippen LogP contribution in [0.1, 0.15) is 23.2 Å². The Bertz CT molecular complexity index is 531. The van der Waals surface area contributed by atoms with E-state index >= 15 is 0 Å². The molecule has 0 saturated heterocycles. The van der Waals surface area contributed by atoms with Crippen molar-refractivity contribution in [2.24, 2.45) is 0 Å². The van der Waals surface area contributed by atoms with Crippen molar-refractivity contribution in [1.29, 1.82) is 0 Å². The molecule has 5 nitrogen and oxygen atoms in total. The molecule has 0 bridgehead atoms. The number of carbonyl (C=O) groups is 3. The number of hydrogen-bond acceptors (Lipinski definition) is 4. The summed E-state index contributed by atoms with van der Waals surface area (Å²) in [6.07, 6.45) is -0.000638. The fourth-order valence-electron chi connectivity index (χ4n) is 1.38. The van der Waals surface area contributed by atoms with Crippen LogP contribution in [0.25, 0.3) is 0 Å². The van der Waals surface area contributed by atoms with Crippen molar-refractivity contribution in [2.75, 3.05) is 13.7 Å². The van der Waals surface area contributed by atoms with E-state index in [0.29, 0.717) is 5.02 Å². The molecule has 1 aromatic carbocycles. The Morgan fingerprint density at radius 2 is 1.90 bits per heavy atom. The molecule has 1 aromatic rings. The first-order chi connectivity index (χ1) is 9.43. The monoisotopic (exact) mass is 317 g/mol. The number of nitrogens with one attached hydrogen (secondary N) is 1. The van der Waals surface area contributed by atoms with Crippen LogP contribution in [0.4, 0.5) is 0 Å². The zero-order valence-electron chi connectivity index (χ0n) is 10.7. The van der Waals surface area contributed by atoms with Gasteiger partial charge in [-0.15, -0.1) is 0 Å². The van der Waals surface area contributed by atoms with Crippen molar-refractivity contribution in [3.63, 3.8) is 0 Å². The highest BCUT2D eigenvalue weighted by atomic mass is 35.5. The maximum absolute atomic E-state index is 11.8. The summed E-state index contributed by atoms with van der Waals surface area (Å²) in [6, 6.07) is 4.47. The molecule has 0 heterocycles. The van der Waals surface area contributed by atoms with Gasteiger partial charge in [0.1, 0.15) is 0 Å². The first-order valence-corrected chi connectivity index (χ1v) is 6.51. The summed E-state index contributed by atoms with van der Waals surface area (Å²) in [5, 5.41) is 3.04. The number of esters is 1. The van der Waals surface area contributed by atoms with E-state index in [-0.39, 0.29) is 35.8 Å². The van der Waals surface area contributed by atoms with Crippen LogP contribution in [0.2, 0.25) is 10.0 Å². The van der Waals surface area contributed by atoms with E-state index in [1.807, 2.05) is 0 Å². The summed E-state index contributed by atoms with van der Waals surface area (Å²) >= 11 is 11.6. The van der Waals surface area contributed by atoms with Crippen molar-refractivity contribution in [1.82, 2.24) is 5.32 Å². The van der Waals surface area contributed by atoms with E-state index in [1.54, 1.807) is 6.07 Å². The molecule has 7 heteroatoms. The lowest BCUT2D eigenvalue weighted by Crippen LogP contribution is -2.30. The van der Waals surface area contributed by atoms with E-state index in [0.717, 1.165) is 0 Å². The normalized spacial score (nSPS) is 9.95. The molecule has 1 amide bonds. The van der Waals surface area contributed by atoms with E-state index in [1.165, 1.54) is 19.2 Å². The molecular formula is C13H13Cl2NO4. The number of halogens is 2. The first kappa shape index (κ1) is 16.5. The van der Waals surface area contributed by atoms with Crippen molar-refractivity contribution in [3.8, 4) is 0 Å². The third-order valence-corrected chi connectivity index (χ3v) is 3.02. The van der Waals surface area contributed by atoms with Gasteiger partial charge < -0.3 is 10.1 Å². The van der Waals surface area contributed by atoms with E-state index < -0.39 is 11.9 Å². The Kier molecular flexibility index (Phi) is 6.48. The SMILES string of the molecule is COC(=O)CCC(=O)CNC(=O)c1cc(Cl)ccc1Cl. The smallest absolute Gasteiger partial charge is 0.305 e. The van der Waals surface area contributed by atoms with Gasteiger partial charge in [0.25, 0.3) is 5.91 Å². The Balaban J connectivity index is 2.49. The molecule has 1 N–H and O–H groups in total. The third-order valence-electron chi connectivity index (χ3n) is 2.45. The fourth-order valence-corrected chi connectivity index (χ4v) is 1.75. The van der Waals surface area contributed by atoms with Crippen LogP contribution in [0.3, 0.4) is 0 Å². The fraction of sp³-hybridized carbons (Fsp3) is 0.308. The van der Waals surface area contributed by atoms with Gasteiger partial charge in [-0.3, -0.25) is 14.4 Å². The van der Waals surface area contributed by atoms with E-state index in [9.17, 15) is 14.4 Å². The lowest BCUT2D eigenvalue weighted by molar-refractivity contribution is -0.141. The molecule has 20 heavy (non-hydrogen) atoms. The maximum Gasteiger partial charge on any atom is 0.305 e. The predicted molar refractivity (Wildman–Crippen MR) is 75.1 cm³/mol. The topological polar surface area (TPSA) is 72.5 Å². The van der Waals surface area contributed by atoms with E-state index in [2.05, 4.69) is 10.1 Å². The van der Waals surface area contributed by atoms with Crippen molar-refractivity contribution < 1.29 is 19.1 Å². The van der Waals surface area contributed by atoms with Gasteiger partial charge in [-0.25, -0.2) is 0 Å². The van der Waals surface area contributed by atoms with Gasteiger partial charge in [0, 0.05) is 11.4 Å². The average Bonchev–Trinajstić information content (AvgIpc) is 2.44. The highest BCUT2D eigenvalue weighted by molar-refractivity contribution is 6.35. The molecule has 0 aliphatic carbocycles. The van der Waals surface area contributed by atoms with Gasteiger partial charge in [-0.1, -0.05) is 23.2 Å². The Morgan fingerprint density at radius 1 is 1.20 bits per heavy atom. The minimum absolute atomic E-state index is 0.0102. The number of Topliss-reactive ketones (excluding diaryl/α,β-unsaturated/α-hetero) is 1. The van der Waals surface area contributed by atoms with Crippen LogP contribution in [0, 0.1) is 0 Å².